The van der Waals surface area contributed by atoms with Crippen LogP contribution in [0.15, 0.2) is 29.9 Å². The number of fused-ring (bicyclic) bond motifs is 1. The molecular formula is C15H16N4O2S. The van der Waals surface area contributed by atoms with Crippen molar-refractivity contribution in [2.24, 2.45) is 0 Å². The predicted octanol–water partition coefficient (Wildman–Crippen LogP) is 1.66. The van der Waals surface area contributed by atoms with Crippen LogP contribution in [0, 0.1) is 0 Å². The summed E-state index contributed by atoms with van der Waals surface area (Å²) in [5.74, 6) is 0.0995. The highest BCUT2D eigenvalue weighted by Crippen LogP contribution is 2.28. The fourth-order valence-corrected chi connectivity index (χ4v) is 2.91. The van der Waals surface area contributed by atoms with Crippen molar-refractivity contribution in [3.05, 3.63) is 45.9 Å². The molecule has 1 aromatic carbocycles. The van der Waals surface area contributed by atoms with Crippen molar-refractivity contribution in [3.63, 3.8) is 0 Å². The molecule has 1 aliphatic heterocycles. The smallest absolute Gasteiger partial charge is 0.315 e. The van der Waals surface area contributed by atoms with Crippen LogP contribution in [-0.2, 0) is 24.3 Å². The molecule has 0 atom stereocenters. The molecule has 0 saturated carbocycles. The van der Waals surface area contributed by atoms with Gasteiger partial charge in [0, 0.05) is 30.4 Å². The van der Waals surface area contributed by atoms with Gasteiger partial charge in [-0.25, -0.2) is 4.79 Å². The fourth-order valence-electron chi connectivity index (χ4n) is 2.38. The van der Waals surface area contributed by atoms with Gasteiger partial charge in [-0.2, -0.15) is 0 Å². The molecule has 2 N–H and O–H groups in total. The SMILES string of the molecule is CN1C(=O)Cc2cc(CNC(=O)NCc3cncs3)ccc21. The summed E-state index contributed by atoms with van der Waals surface area (Å²) in [6, 6.07) is 5.60. The molecule has 0 radical (unpaired) electrons. The molecule has 1 aromatic heterocycles. The maximum absolute atomic E-state index is 11.7. The van der Waals surface area contributed by atoms with Gasteiger partial charge in [0.2, 0.25) is 5.91 Å². The average molecular weight is 316 g/mol. The number of benzene rings is 1. The molecular weight excluding hydrogens is 300 g/mol. The zero-order valence-electron chi connectivity index (χ0n) is 12.1. The van der Waals surface area contributed by atoms with Gasteiger partial charge in [-0.15, -0.1) is 11.3 Å². The molecule has 0 bridgehead atoms. The number of anilines is 1. The number of carbonyl (C=O) groups is 2. The van der Waals surface area contributed by atoms with Crippen LogP contribution in [0.4, 0.5) is 10.5 Å². The van der Waals surface area contributed by atoms with Crippen LogP contribution in [0.25, 0.3) is 0 Å². The van der Waals surface area contributed by atoms with Crippen molar-refractivity contribution in [3.8, 4) is 0 Å². The van der Waals surface area contributed by atoms with Crippen molar-refractivity contribution >= 4 is 29.0 Å². The Labute approximate surface area is 132 Å². The first-order valence-electron chi connectivity index (χ1n) is 6.91. The van der Waals surface area contributed by atoms with E-state index in [-0.39, 0.29) is 11.9 Å². The topological polar surface area (TPSA) is 74.3 Å². The zero-order valence-corrected chi connectivity index (χ0v) is 12.9. The van der Waals surface area contributed by atoms with E-state index in [0.29, 0.717) is 19.5 Å². The number of carbonyl (C=O) groups excluding carboxylic acids is 2. The summed E-state index contributed by atoms with van der Waals surface area (Å²) >= 11 is 1.50. The molecule has 3 rings (SSSR count). The lowest BCUT2D eigenvalue weighted by Crippen LogP contribution is -2.34. The van der Waals surface area contributed by atoms with Crippen LogP contribution >= 0.6 is 11.3 Å². The van der Waals surface area contributed by atoms with E-state index in [1.54, 1.807) is 23.7 Å². The van der Waals surface area contributed by atoms with Crippen molar-refractivity contribution in [1.82, 2.24) is 15.6 Å². The van der Waals surface area contributed by atoms with Crippen LogP contribution in [0.5, 0.6) is 0 Å². The molecule has 0 fully saturated rings. The van der Waals surface area contributed by atoms with Crippen LogP contribution in [0.3, 0.4) is 0 Å². The molecule has 3 amide bonds. The summed E-state index contributed by atoms with van der Waals surface area (Å²) in [4.78, 5) is 30.0. The number of urea groups is 1. The van der Waals surface area contributed by atoms with Crippen molar-refractivity contribution in [2.75, 3.05) is 11.9 Å². The summed E-state index contributed by atoms with van der Waals surface area (Å²) in [7, 11) is 1.78. The Hall–Kier alpha value is -2.41. The van der Waals surface area contributed by atoms with E-state index in [4.69, 9.17) is 0 Å². The van der Waals surface area contributed by atoms with E-state index in [9.17, 15) is 9.59 Å². The summed E-state index contributed by atoms with van der Waals surface area (Å²) in [5, 5.41) is 5.59. The van der Waals surface area contributed by atoms with Gasteiger partial charge < -0.3 is 15.5 Å². The second-order valence-electron chi connectivity index (χ2n) is 5.10. The predicted molar refractivity (Wildman–Crippen MR) is 84.7 cm³/mol. The first-order chi connectivity index (χ1) is 10.6. The maximum Gasteiger partial charge on any atom is 0.315 e. The molecule has 1 aliphatic rings. The fraction of sp³-hybridized carbons (Fsp3) is 0.267. The molecule has 6 nitrogen and oxygen atoms in total. The van der Waals surface area contributed by atoms with Gasteiger partial charge in [0.05, 0.1) is 18.5 Å². The monoisotopic (exact) mass is 316 g/mol. The number of nitrogens with one attached hydrogen (secondary N) is 2. The lowest BCUT2D eigenvalue weighted by Gasteiger charge is -2.11. The van der Waals surface area contributed by atoms with Crippen molar-refractivity contribution in [2.45, 2.75) is 19.5 Å². The third-order valence-corrected chi connectivity index (χ3v) is 4.36. The second-order valence-corrected chi connectivity index (χ2v) is 6.07. The molecule has 0 saturated heterocycles. The Kier molecular flexibility index (Phi) is 4.06. The van der Waals surface area contributed by atoms with Gasteiger partial charge in [-0.05, 0) is 17.2 Å². The van der Waals surface area contributed by atoms with E-state index in [1.807, 2.05) is 18.2 Å². The number of amides is 3. The minimum absolute atomic E-state index is 0.0995. The van der Waals surface area contributed by atoms with Crippen LogP contribution < -0.4 is 15.5 Å². The average Bonchev–Trinajstić information content (AvgIpc) is 3.12. The number of thiazole rings is 1. The van der Waals surface area contributed by atoms with Gasteiger partial charge in [0.25, 0.3) is 0 Å². The molecule has 114 valence electrons. The van der Waals surface area contributed by atoms with E-state index in [2.05, 4.69) is 15.6 Å². The van der Waals surface area contributed by atoms with Gasteiger partial charge in [-0.1, -0.05) is 12.1 Å². The van der Waals surface area contributed by atoms with Gasteiger partial charge in [0.1, 0.15) is 0 Å². The van der Waals surface area contributed by atoms with Crippen LogP contribution in [0.2, 0.25) is 0 Å². The van der Waals surface area contributed by atoms with E-state index >= 15 is 0 Å². The lowest BCUT2D eigenvalue weighted by atomic mass is 10.1. The third kappa shape index (κ3) is 3.09. The normalized spacial score (nSPS) is 13.1. The molecule has 2 aromatic rings. The Morgan fingerprint density at radius 3 is 2.95 bits per heavy atom. The Morgan fingerprint density at radius 2 is 2.18 bits per heavy atom. The Morgan fingerprint density at radius 1 is 1.36 bits per heavy atom. The quantitative estimate of drug-likeness (QED) is 0.901. The Balaban J connectivity index is 1.53. The molecule has 0 unspecified atom stereocenters. The second kappa shape index (κ2) is 6.15. The number of hydrogen-bond donors (Lipinski definition) is 2. The molecule has 7 heteroatoms. The van der Waals surface area contributed by atoms with E-state index in [0.717, 1.165) is 21.7 Å². The van der Waals surface area contributed by atoms with Crippen LogP contribution in [-0.4, -0.2) is 24.0 Å². The van der Waals surface area contributed by atoms with Gasteiger partial charge >= 0.3 is 6.03 Å². The molecule has 2 heterocycles. The maximum atomic E-state index is 11.7. The number of hydrogen-bond acceptors (Lipinski definition) is 4. The molecule has 0 aliphatic carbocycles. The van der Waals surface area contributed by atoms with E-state index in [1.165, 1.54) is 11.3 Å². The summed E-state index contributed by atoms with van der Waals surface area (Å²) in [5.41, 5.74) is 4.67. The number of likely N-dealkylation sites (N-methyl/N-ethyl adjacent to an activating group) is 1. The van der Waals surface area contributed by atoms with Crippen molar-refractivity contribution < 1.29 is 9.59 Å². The summed E-state index contributed by atoms with van der Waals surface area (Å²) in [6.45, 7) is 0.902. The first kappa shape index (κ1) is 14.5. The minimum atomic E-state index is -0.220. The third-order valence-electron chi connectivity index (χ3n) is 3.58. The van der Waals surface area contributed by atoms with Crippen molar-refractivity contribution in [1.29, 1.82) is 0 Å². The highest BCUT2D eigenvalue weighted by Gasteiger charge is 2.23. The minimum Gasteiger partial charge on any atom is -0.334 e. The highest BCUT2D eigenvalue weighted by molar-refractivity contribution is 7.09. The molecule has 22 heavy (non-hydrogen) atoms. The Bertz CT molecular complexity index is 700. The van der Waals surface area contributed by atoms with E-state index < -0.39 is 0 Å². The largest absolute Gasteiger partial charge is 0.334 e. The lowest BCUT2D eigenvalue weighted by molar-refractivity contribution is -0.117. The number of nitrogens with zero attached hydrogens (tertiary/aromatic N) is 2. The standard InChI is InChI=1S/C15H16N4O2S/c1-19-13-3-2-10(4-11(13)5-14(19)20)6-17-15(21)18-8-12-7-16-9-22-12/h2-4,7,9H,5-6,8H2,1H3,(H2,17,18,21). The summed E-state index contributed by atoms with van der Waals surface area (Å²) in [6.07, 6.45) is 2.16. The highest BCUT2D eigenvalue weighted by atomic mass is 32.1. The van der Waals surface area contributed by atoms with Crippen LogP contribution in [0.1, 0.15) is 16.0 Å². The van der Waals surface area contributed by atoms with Gasteiger partial charge in [-0.3, -0.25) is 9.78 Å². The zero-order chi connectivity index (χ0) is 15.5. The number of rotatable bonds is 4. The molecule has 0 spiro atoms. The first-order valence-corrected chi connectivity index (χ1v) is 7.79. The van der Waals surface area contributed by atoms with Gasteiger partial charge in [0.15, 0.2) is 0 Å². The number of aromatic nitrogens is 1. The summed E-state index contributed by atoms with van der Waals surface area (Å²) < 4.78 is 0.